The first-order chi connectivity index (χ1) is 16.5. The number of alkyl halides is 1. The lowest BCUT2D eigenvalue weighted by atomic mass is 9.68. The molecular weight excluding hydrogens is 427 g/mol. The number of allylic oxidation sites excluding steroid dienone is 6. The second-order valence-corrected chi connectivity index (χ2v) is 11.5. The summed E-state index contributed by atoms with van der Waals surface area (Å²) in [6.45, 7) is 23.6. The third kappa shape index (κ3) is 7.08. The third-order valence-electron chi connectivity index (χ3n) is 8.80. The van der Waals surface area contributed by atoms with E-state index in [2.05, 4.69) is 66.8 Å². The van der Waals surface area contributed by atoms with Crippen LogP contribution in [0.4, 0.5) is 4.39 Å². The molecule has 0 saturated heterocycles. The lowest BCUT2D eigenvalue weighted by molar-refractivity contribution is 0.288. The van der Waals surface area contributed by atoms with Crippen molar-refractivity contribution in [2.45, 2.75) is 118 Å². The van der Waals surface area contributed by atoms with E-state index >= 15 is 4.39 Å². The molecule has 1 aromatic rings. The van der Waals surface area contributed by atoms with Crippen LogP contribution in [0.25, 0.3) is 0 Å². The predicted octanol–water partition coefficient (Wildman–Crippen LogP) is 11.0. The van der Waals surface area contributed by atoms with Gasteiger partial charge in [0.1, 0.15) is 0 Å². The maximum Gasteiger partial charge on any atom is 0.174 e. The van der Waals surface area contributed by atoms with E-state index in [4.69, 9.17) is 0 Å². The van der Waals surface area contributed by atoms with E-state index in [1.54, 1.807) is 29.2 Å². The van der Waals surface area contributed by atoms with Crippen molar-refractivity contribution in [3.8, 4) is 0 Å². The highest BCUT2D eigenvalue weighted by atomic mass is 19.1. The summed E-state index contributed by atoms with van der Waals surface area (Å²) in [7, 11) is 0. The van der Waals surface area contributed by atoms with Crippen molar-refractivity contribution in [2.24, 2.45) is 11.3 Å². The summed E-state index contributed by atoms with van der Waals surface area (Å²) < 4.78 is 15.3. The van der Waals surface area contributed by atoms with Crippen molar-refractivity contribution in [3.63, 3.8) is 0 Å². The molecule has 3 unspecified atom stereocenters. The van der Waals surface area contributed by atoms with Gasteiger partial charge in [-0.05, 0) is 107 Å². The molecule has 35 heavy (non-hydrogen) atoms. The Hall–Kier alpha value is -1.89. The molecule has 1 aliphatic rings. The normalized spacial score (nSPS) is 20.6. The monoisotopic (exact) mass is 478 g/mol. The first kappa shape index (κ1) is 29.3. The highest BCUT2D eigenvalue weighted by Gasteiger charge is 2.32. The smallest absolute Gasteiger partial charge is 0.174 e. The molecule has 0 spiro atoms. The largest absolute Gasteiger partial charge is 0.229 e. The Kier molecular flexibility index (Phi) is 10.8. The maximum atomic E-state index is 15.3. The van der Waals surface area contributed by atoms with Gasteiger partial charge in [0.25, 0.3) is 0 Å². The average Bonchev–Trinajstić information content (AvgIpc) is 2.85. The maximum absolute atomic E-state index is 15.3. The lowest BCUT2D eigenvalue weighted by Crippen LogP contribution is -2.24. The molecule has 0 N–H and O–H groups in total. The van der Waals surface area contributed by atoms with E-state index < -0.39 is 5.67 Å². The van der Waals surface area contributed by atoms with Gasteiger partial charge in [-0.3, -0.25) is 0 Å². The first-order valence-electron chi connectivity index (χ1n) is 14.0. The van der Waals surface area contributed by atoms with Crippen LogP contribution in [-0.4, -0.2) is 0 Å². The zero-order chi connectivity index (χ0) is 26.2. The lowest BCUT2D eigenvalue weighted by Gasteiger charge is -2.37. The van der Waals surface area contributed by atoms with Crippen LogP contribution in [-0.2, 0) is 12.1 Å². The molecule has 3 atom stereocenters. The van der Waals surface area contributed by atoms with Gasteiger partial charge in [-0.2, -0.15) is 0 Å². The van der Waals surface area contributed by atoms with Crippen LogP contribution in [0.1, 0.15) is 117 Å². The van der Waals surface area contributed by atoms with Crippen LogP contribution < -0.4 is 0 Å². The van der Waals surface area contributed by atoms with Gasteiger partial charge in [0, 0.05) is 0 Å². The molecule has 0 radical (unpaired) electrons. The molecule has 0 bridgehead atoms. The van der Waals surface area contributed by atoms with Crippen molar-refractivity contribution >= 4 is 0 Å². The summed E-state index contributed by atoms with van der Waals surface area (Å²) in [6.07, 6.45) is 13.4. The van der Waals surface area contributed by atoms with Crippen molar-refractivity contribution < 1.29 is 4.39 Å². The van der Waals surface area contributed by atoms with Crippen molar-refractivity contribution in [1.29, 1.82) is 0 Å². The van der Waals surface area contributed by atoms with Crippen LogP contribution in [0.15, 0.2) is 71.4 Å². The van der Waals surface area contributed by atoms with Crippen LogP contribution in [0, 0.1) is 11.3 Å². The Balaban J connectivity index is 2.30. The molecule has 1 aromatic carbocycles. The fraction of sp³-hybridized carbons (Fsp3) is 0.588. The minimum absolute atomic E-state index is 0.195. The van der Waals surface area contributed by atoms with E-state index in [0.717, 1.165) is 25.2 Å². The summed E-state index contributed by atoms with van der Waals surface area (Å²) in [4.78, 5) is 0. The summed E-state index contributed by atoms with van der Waals surface area (Å²) in [6, 6.07) is 8.03. The van der Waals surface area contributed by atoms with Gasteiger partial charge in [-0.1, -0.05) is 99.7 Å². The van der Waals surface area contributed by atoms with Gasteiger partial charge >= 0.3 is 0 Å². The summed E-state index contributed by atoms with van der Waals surface area (Å²) in [5, 5.41) is 0. The van der Waals surface area contributed by atoms with Crippen LogP contribution in [0.2, 0.25) is 0 Å². The summed E-state index contributed by atoms with van der Waals surface area (Å²) in [5.41, 5.74) is 7.45. The number of unbranched alkanes of at least 4 members (excludes halogenated alkanes) is 1. The molecule has 0 aliphatic heterocycles. The van der Waals surface area contributed by atoms with E-state index in [9.17, 15) is 0 Å². The molecule has 2 rings (SSSR count). The van der Waals surface area contributed by atoms with E-state index in [0.29, 0.717) is 11.1 Å². The van der Waals surface area contributed by atoms with Crippen LogP contribution >= 0.6 is 0 Å². The number of hydrogen-bond acceptors (Lipinski definition) is 0. The minimum atomic E-state index is -1.66. The summed E-state index contributed by atoms with van der Waals surface area (Å²) >= 11 is 0. The number of aryl methyl sites for hydroxylation is 1. The Morgan fingerprint density at radius 3 is 2.26 bits per heavy atom. The molecule has 0 aromatic heterocycles. The van der Waals surface area contributed by atoms with Crippen LogP contribution in [0.5, 0.6) is 0 Å². The highest BCUT2D eigenvalue weighted by Crippen LogP contribution is 2.45. The Labute approximate surface area is 216 Å². The third-order valence-corrected chi connectivity index (χ3v) is 8.80. The molecule has 194 valence electrons. The standard InChI is InChI=1S/C34H51F/c1-10-13-22-33(9,32-24-27(7)28(8)30(14-11-2)18-15-26(32)6)23-21-29-16-19-31(20-17-29)34(35,12-3)25(4)5/h12,16-17,19-20,30H,3-4,10-11,13-15,18,21-24H2,1-2,5-9H3. The zero-order valence-electron chi connectivity index (χ0n) is 23.8. The van der Waals surface area contributed by atoms with Crippen molar-refractivity contribution in [1.82, 2.24) is 0 Å². The molecule has 0 heterocycles. The van der Waals surface area contributed by atoms with Crippen molar-refractivity contribution in [2.75, 3.05) is 0 Å². The second-order valence-electron chi connectivity index (χ2n) is 11.5. The van der Waals surface area contributed by atoms with E-state index in [1.807, 2.05) is 12.1 Å². The fourth-order valence-electron chi connectivity index (χ4n) is 5.97. The number of benzene rings is 1. The van der Waals surface area contributed by atoms with Gasteiger partial charge in [0.05, 0.1) is 0 Å². The molecule has 0 fully saturated rings. The van der Waals surface area contributed by atoms with E-state index in [1.165, 1.54) is 56.6 Å². The van der Waals surface area contributed by atoms with Gasteiger partial charge < -0.3 is 0 Å². The van der Waals surface area contributed by atoms with Crippen LogP contribution in [0.3, 0.4) is 0 Å². The van der Waals surface area contributed by atoms with Crippen molar-refractivity contribution in [3.05, 3.63) is 82.5 Å². The number of halogens is 1. The molecule has 0 saturated carbocycles. The Bertz CT molecular complexity index is 928. The van der Waals surface area contributed by atoms with E-state index in [-0.39, 0.29) is 5.41 Å². The van der Waals surface area contributed by atoms with Gasteiger partial charge in [-0.25, -0.2) is 4.39 Å². The number of rotatable bonds is 12. The molecule has 1 aliphatic carbocycles. The molecule has 1 heteroatoms. The molecule has 0 amide bonds. The topological polar surface area (TPSA) is 0 Å². The Morgan fingerprint density at radius 1 is 1.06 bits per heavy atom. The first-order valence-corrected chi connectivity index (χ1v) is 14.0. The number of hydrogen-bond donors (Lipinski definition) is 0. The molecular formula is C34H51F. The zero-order valence-corrected chi connectivity index (χ0v) is 23.8. The SMILES string of the molecule is C=CC(F)(C(=C)C)c1ccc(CCC(C)(CCCC)C2=C(C)CCC(CCC)C(C)=C(C)C2)cc1. The van der Waals surface area contributed by atoms with Gasteiger partial charge in [0.15, 0.2) is 5.67 Å². The Morgan fingerprint density at radius 2 is 1.71 bits per heavy atom. The molecule has 0 nitrogen and oxygen atoms in total. The minimum Gasteiger partial charge on any atom is -0.229 e. The van der Waals surface area contributed by atoms with Gasteiger partial charge in [-0.15, -0.1) is 0 Å². The fourth-order valence-corrected chi connectivity index (χ4v) is 5.97. The summed E-state index contributed by atoms with van der Waals surface area (Å²) in [5.74, 6) is 0.745. The van der Waals surface area contributed by atoms with Gasteiger partial charge in [0.2, 0.25) is 0 Å². The predicted molar refractivity (Wildman–Crippen MR) is 154 cm³/mol. The highest BCUT2D eigenvalue weighted by molar-refractivity contribution is 5.38. The average molecular weight is 479 g/mol. The second kappa shape index (κ2) is 12.9. The quantitative estimate of drug-likeness (QED) is 0.262.